The number of halogens is 4. The second kappa shape index (κ2) is 10.4. The van der Waals surface area contributed by atoms with E-state index in [2.05, 4.69) is 5.32 Å². The summed E-state index contributed by atoms with van der Waals surface area (Å²) in [4.78, 5) is 17.8. The number of nitrogens with zero attached hydrogens (tertiary/aromatic N) is 1. The molecule has 1 aliphatic carbocycles. The van der Waals surface area contributed by atoms with Crippen LogP contribution in [0.25, 0.3) is 11.1 Å². The molecule has 1 saturated carbocycles. The summed E-state index contributed by atoms with van der Waals surface area (Å²) in [5, 5.41) is 11.3. The van der Waals surface area contributed by atoms with E-state index in [0.717, 1.165) is 20.1 Å². The first kappa shape index (κ1) is 28.6. The molecule has 2 aromatic rings. The molecule has 3 rings (SSSR count). The van der Waals surface area contributed by atoms with E-state index in [0.29, 0.717) is 24.0 Å². The first-order chi connectivity index (χ1) is 17.0. The monoisotopic (exact) mass is 541 g/mol. The first-order valence-electron chi connectivity index (χ1n) is 11.3. The topological polar surface area (TPSA) is 108 Å². The van der Waals surface area contributed by atoms with Gasteiger partial charge in [-0.25, -0.2) is 18.3 Å². The van der Waals surface area contributed by atoms with Gasteiger partial charge >= 0.3 is 6.18 Å². The molecule has 200 valence electrons. The summed E-state index contributed by atoms with van der Waals surface area (Å²) < 4.78 is 79.9. The lowest BCUT2D eigenvalue weighted by molar-refractivity contribution is -0.164. The van der Waals surface area contributed by atoms with E-state index in [9.17, 15) is 30.8 Å². The Morgan fingerprint density at radius 2 is 1.57 bits per heavy atom. The van der Waals surface area contributed by atoms with Crippen LogP contribution in [-0.4, -0.2) is 44.1 Å². The van der Waals surface area contributed by atoms with E-state index in [1.165, 1.54) is 36.4 Å². The van der Waals surface area contributed by atoms with Crippen LogP contribution in [0.3, 0.4) is 0 Å². The summed E-state index contributed by atoms with van der Waals surface area (Å²) in [6.07, 6.45) is -3.61. The van der Waals surface area contributed by atoms with Crippen LogP contribution in [-0.2, 0) is 19.5 Å². The van der Waals surface area contributed by atoms with Gasteiger partial charge in [-0.1, -0.05) is 36.4 Å². The Labute approximate surface area is 212 Å². The fraction of sp³-hybridized carbons (Fsp3) is 0.440. The minimum atomic E-state index is -4.83. The summed E-state index contributed by atoms with van der Waals surface area (Å²) in [7, 11) is -3.40. The van der Waals surface area contributed by atoms with E-state index < -0.39 is 51.7 Å². The average Bonchev–Trinajstić information content (AvgIpc) is 3.59. The molecule has 12 heteroatoms. The van der Waals surface area contributed by atoms with Crippen molar-refractivity contribution in [3.8, 4) is 17.2 Å². The molecule has 0 heterocycles. The molecule has 1 aliphatic rings. The van der Waals surface area contributed by atoms with Gasteiger partial charge in [0.15, 0.2) is 15.4 Å². The smallest absolute Gasteiger partial charge is 0.291 e. The van der Waals surface area contributed by atoms with Crippen LogP contribution in [0.1, 0.15) is 44.7 Å². The SMILES string of the molecule is CC(C)(F)C[C@H](N[C@@H](c1ccc(-c2ccc(S(C)(=O)=O)cc2)cc1)C(F)(F)F)C(=O)NOC1(C#N)CC1. The van der Waals surface area contributed by atoms with Crippen LogP contribution >= 0.6 is 0 Å². The summed E-state index contributed by atoms with van der Waals surface area (Å²) in [5.41, 5.74) is -0.253. The highest BCUT2D eigenvalue weighted by molar-refractivity contribution is 7.90. The Bertz CT molecular complexity index is 1260. The maximum Gasteiger partial charge on any atom is 0.407 e. The van der Waals surface area contributed by atoms with Crippen molar-refractivity contribution >= 4 is 15.7 Å². The Morgan fingerprint density at radius 3 is 1.97 bits per heavy atom. The Morgan fingerprint density at radius 1 is 1.05 bits per heavy atom. The Balaban J connectivity index is 1.83. The Hall–Kier alpha value is -3.01. The minimum Gasteiger partial charge on any atom is -0.291 e. The number of sulfone groups is 1. The van der Waals surface area contributed by atoms with Gasteiger partial charge in [0.1, 0.15) is 17.8 Å². The van der Waals surface area contributed by atoms with Crippen molar-refractivity contribution in [2.45, 2.75) is 67.5 Å². The van der Waals surface area contributed by atoms with Crippen molar-refractivity contribution in [3.63, 3.8) is 0 Å². The summed E-state index contributed by atoms with van der Waals surface area (Å²) >= 11 is 0. The van der Waals surface area contributed by atoms with Crippen LogP contribution in [0.4, 0.5) is 17.6 Å². The molecule has 2 atom stereocenters. The van der Waals surface area contributed by atoms with Gasteiger partial charge in [-0.05, 0) is 55.5 Å². The van der Waals surface area contributed by atoms with Crippen molar-refractivity contribution in [2.24, 2.45) is 0 Å². The number of alkyl halides is 4. The number of nitriles is 1. The molecule has 2 N–H and O–H groups in total. The molecule has 7 nitrogen and oxygen atoms in total. The summed E-state index contributed by atoms with van der Waals surface area (Å²) in [6, 6.07) is 9.17. The molecule has 1 fully saturated rings. The third-order valence-corrected chi connectivity index (χ3v) is 6.94. The van der Waals surface area contributed by atoms with Crippen molar-refractivity contribution in [3.05, 3.63) is 54.1 Å². The summed E-state index contributed by atoms with van der Waals surface area (Å²) in [6.45, 7) is 2.28. The molecule has 0 aromatic heterocycles. The Kier molecular flexibility index (Phi) is 8.02. The van der Waals surface area contributed by atoms with E-state index in [1.54, 1.807) is 12.1 Å². The molecule has 0 spiro atoms. The lowest BCUT2D eigenvalue weighted by Crippen LogP contribution is -2.51. The predicted octanol–water partition coefficient (Wildman–Crippen LogP) is 4.56. The maximum atomic E-state index is 14.4. The first-order valence-corrected chi connectivity index (χ1v) is 13.2. The number of rotatable bonds is 10. The second-order valence-corrected chi connectivity index (χ2v) is 11.7. The fourth-order valence-electron chi connectivity index (χ4n) is 3.63. The average molecular weight is 542 g/mol. The zero-order valence-corrected chi connectivity index (χ0v) is 21.2. The van der Waals surface area contributed by atoms with Crippen LogP contribution in [0.5, 0.6) is 0 Å². The lowest BCUT2D eigenvalue weighted by Gasteiger charge is -2.30. The van der Waals surface area contributed by atoms with Crippen molar-refractivity contribution in [1.82, 2.24) is 10.8 Å². The fourth-order valence-corrected chi connectivity index (χ4v) is 4.26. The molecular weight excluding hydrogens is 514 g/mol. The standard InChI is InChI=1S/C25H27F4N3O4S/c1-23(2,26)14-20(22(33)32-36-24(15-30)12-13-24)31-21(25(27,28)29)18-6-4-16(5-7-18)17-8-10-19(11-9-17)37(3,34)35/h4-11,20-21,31H,12-14H2,1-3H3,(H,32,33)/t20-,21-/m0/s1. The zero-order valence-electron chi connectivity index (χ0n) is 20.4. The molecule has 0 aliphatic heterocycles. The van der Waals surface area contributed by atoms with Crippen LogP contribution in [0.15, 0.2) is 53.4 Å². The van der Waals surface area contributed by atoms with E-state index in [1.807, 2.05) is 11.5 Å². The van der Waals surface area contributed by atoms with Gasteiger partial charge in [0.25, 0.3) is 5.91 Å². The molecule has 2 aromatic carbocycles. The number of hydrogen-bond acceptors (Lipinski definition) is 6. The normalized spacial score (nSPS) is 16.9. The minimum absolute atomic E-state index is 0.112. The number of carbonyl (C=O) groups excluding carboxylic acids is 1. The number of amides is 1. The van der Waals surface area contributed by atoms with Crippen molar-refractivity contribution in [1.29, 1.82) is 5.26 Å². The van der Waals surface area contributed by atoms with Gasteiger partial charge in [0.05, 0.1) is 10.9 Å². The van der Waals surface area contributed by atoms with E-state index >= 15 is 0 Å². The van der Waals surface area contributed by atoms with Gasteiger partial charge in [0.2, 0.25) is 0 Å². The molecule has 37 heavy (non-hydrogen) atoms. The number of hydroxylamine groups is 1. The molecule has 0 bridgehead atoms. The number of benzene rings is 2. The molecular formula is C25H27F4N3O4S. The third-order valence-electron chi connectivity index (χ3n) is 5.82. The number of nitrogens with one attached hydrogen (secondary N) is 2. The maximum absolute atomic E-state index is 14.4. The van der Waals surface area contributed by atoms with E-state index in [-0.39, 0.29) is 10.5 Å². The highest BCUT2D eigenvalue weighted by Crippen LogP contribution is 2.38. The number of carbonyl (C=O) groups is 1. The van der Waals surface area contributed by atoms with E-state index in [4.69, 9.17) is 10.1 Å². The second-order valence-electron chi connectivity index (χ2n) is 9.71. The molecule has 0 unspecified atom stereocenters. The largest absolute Gasteiger partial charge is 0.407 e. The van der Waals surface area contributed by atoms with Crippen LogP contribution in [0.2, 0.25) is 0 Å². The van der Waals surface area contributed by atoms with Crippen LogP contribution < -0.4 is 10.8 Å². The van der Waals surface area contributed by atoms with Gasteiger partial charge < -0.3 is 0 Å². The van der Waals surface area contributed by atoms with Gasteiger partial charge in [-0.2, -0.15) is 18.4 Å². The van der Waals surface area contributed by atoms with Crippen molar-refractivity contribution in [2.75, 3.05) is 6.26 Å². The van der Waals surface area contributed by atoms with Crippen LogP contribution in [0, 0.1) is 11.3 Å². The zero-order chi connectivity index (χ0) is 27.6. The van der Waals surface area contributed by atoms with Gasteiger partial charge in [0, 0.05) is 12.7 Å². The van der Waals surface area contributed by atoms with Crippen molar-refractivity contribution < 1.29 is 35.6 Å². The lowest BCUT2D eigenvalue weighted by atomic mass is 9.96. The number of hydrogen-bond donors (Lipinski definition) is 2. The quantitative estimate of drug-likeness (QED) is 0.337. The van der Waals surface area contributed by atoms with Gasteiger partial charge in [-0.15, -0.1) is 0 Å². The van der Waals surface area contributed by atoms with Gasteiger partial charge in [-0.3, -0.25) is 14.9 Å². The molecule has 1 amide bonds. The predicted molar refractivity (Wildman–Crippen MR) is 127 cm³/mol. The molecule has 0 saturated heterocycles. The molecule has 0 radical (unpaired) electrons. The highest BCUT2D eigenvalue weighted by atomic mass is 32.2. The summed E-state index contributed by atoms with van der Waals surface area (Å²) in [5.74, 6) is -1.02. The third kappa shape index (κ3) is 7.74. The highest BCUT2D eigenvalue weighted by Gasteiger charge is 2.47.